The van der Waals surface area contributed by atoms with Crippen LogP contribution in [0, 0.1) is 0 Å². The fourth-order valence-corrected chi connectivity index (χ4v) is 4.47. The van der Waals surface area contributed by atoms with E-state index in [9.17, 15) is 14.7 Å². The summed E-state index contributed by atoms with van der Waals surface area (Å²) in [6.07, 6.45) is 0. The molecule has 7 nitrogen and oxygen atoms in total. The van der Waals surface area contributed by atoms with E-state index in [-0.39, 0.29) is 11.1 Å². The number of benzene rings is 4. The summed E-state index contributed by atoms with van der Waals surface area (Å²) in [6.45, 7) is 0. The van der Waals surface area contributed by atoms with Crippen molar-refractivity contribution in [1.82, 2.24) is 0 Å². The minimum Gasteiger partial charge on any atom is -0.478 e. The Balaban J connectivity index is 1.64. The minimum atomic E-state index is -1.08. The van der Waals surface area contributed by atoms with Gasteiger partial charge < -0.3 is 26.2 Å². The van der Waals surface area contributed by atoms with Gasteiger partial charge in [0.2, 0.25) is 5.91 Å². The molecule has 0 fully saturated rings. The number of halogens is 1. The fraction of sp³-hybridized carbons (Fsp3) is 0.0370. The molecule has 174 valence electrons. The number of carboxylic acid groups (broad SMARTS) is 1. The van der Waals surface area contributed by atoms with Gasteiger partial charge in [-0.3, -0.25) is 4.79 Å². The Labute approximate surface area is 206 Å². The molecule has 8 heteroatoms. The van der Waals surface area contributed by atoms with Crippen molar-refractivity contribution in [2.24, 2.45) is 5.73 Å². The molecule has 1 aliphatic rings. The van der Waals surface area contributed by atoms with E-state index in [2.05, 4.69) is 10.6 Å². The monoisotopic (exact) mass is 485 g/mol. The number of nitrogens with two attached hydrogens (primary N) is 1. The Bertz CT molecular complexity index is 1460. The number of nitrogens with one attached hydrogen (secondary N) is 2. The van der Waals surface area contributed by atoms with Crippen LogP contribution in [0.4, 0.5) is 11.4 Å². The Morgan fingerprint density at radius 3 is 2.23 bits per heavy atom. The van der Waals surface area contributed by atoms with Crippen molar-refractivity contribution in [3.05, 3.63) is 118 Å². The Morgan fingerprint density at radius 1 is 0.800 bits per heavy atom. The van der Waals surface area contributed by atoms with Crippen molar-refractivity contribution < 1.29 is 19.4 Å². The molecule has 1 atom stereocenters. The zero-order valence-electron chi connectivity index (χ0n) is 18.3. The van der Waals surface area contributed by atoms with Crippen LogP contribution in [0.3, 0.4) is 0 Å². The average molecular weight is 486 g/mol. The van der Waals surface area contributed by atoms with Gasteiger partial charge in [0.15, 0.2) is 5.66 Å². The summed E-state index contributed by atoms with van der Waals surface area (Å²) in [5.41, 5.74) is 7.44. The van der Waals surface area contributed by atoms with Gasteiger partial charge in [0.25, 0.3) is 0 Å². The maximum Gasteiger partial charge on any atom is 0.335 e. The predicted octanol–water partition coefficient (Wildman–Crippen LogP) is 5.67. The maximum absolute atomic E-state index is 11.7. The zero-order valence-corrected chi connectivity index (χ0v) is 19.0. The van der Waals surface area contributed by atoms with Gasteiger partial charge in [0, 0.05) is 21.7 Å². The average Bonchev–Trinajstić information content (AvgIpc) is 3.24. The van der Waals surface area contributed by atoms with Gasteiger partial charge in [0.05, 0.1) is 16.9 Å². The number of rotatable bonds is 6. The lowest BCUT2D eigenvalue weighted by molar-refractivity contribution is 0.0696. The molecule has 0 aliphatic carbocycles. The number of carboxylic acids is 1. The number of hydrogen-bond acceptors (Lipinski definition) is 5. The maximum atomic E-state index is 11.7. The first-order chi connectivity index (χ1) is 16.9. The standard InChI is InChI=1S/C27H20ClN3O4/c28-22-13-16(25(29)32)9-11-21(22)27(30-23-12-10-17(26(33)34)14-24(23)31-27)18-5-4-8-20(15-18)35-19-6-2-1-3-7-19/h1-15,30-31H,(H2,29,32)(H,33,34). The number of anilines is 2. The second-order valence-corrected chi connectivity index (χ2v) is 8.47. The molecule has 5 N–H and O–H groups in total. The van der Waals surface area contributed by atoms with E-state index in [4.69, 9.17) is 22.1 Å². The van der Waals surface area contributed by atoms with Crippen LogP contribution in [0.1, 0.15) is 31.8 Å². The predicted molar refractivity (Wildman–Crippen MR) is 134 cm³/mol. The first kappa shape index (κ1) is 22.3. The van der Waals surface area contributed by atoms with Crippen molar-refractivity contribution in [2.75, 3.05) is 10.6 Å². The number of amides is 1. The first-order valence-electron chi connectivity index (χ1n) is 10.7. The lowest BCUT2D eigenvalue weighted by Crippen LogP contribution is -2.40. The first-order valence-corrected chi connectivity index (χ1v) is 11.1. The second kappa shape index (κ2) is 8.70. The van der Waals surface area contributed by atoms with Crippen LogP contribution in [0.25, 0.3) is 0 Å². The van der Waals surface area contributed by atoms with Crippen LogP contribution in [-0.4, -0.2) is 17.0 Å². The smallest absolute Gasteiger partial charge is 0.335 e. The highest BCUT2D eigenvalue weighted by Crippen LogP contribution is 2.46. The molecule has 35 heavy (non-hydrogen) atoms. The van der Waals surface area contributed by atoms with Crippen LogP contribution >= 0.6 is 11.6 Å². The molecule has 0 radical (unpaired) electrons. The fourth-order valence-electron chi connectivity index (χ4n) is 4.15. The molecule has 0 bridgehead atoms. The topological polar surface area (TPSA) is 114 Å². The van der Waals surface area contributed by atoms with E-state index in [1.54, 1.807) is 24.3 Å². The van der Waals surface area contributed by atoms with Gasteiger partial charge in [0.1, 0.15) is 11.5 Å². The molecule has 1 unspecified atom stereocenters. The molecule has 4 aromatic rings. The van der Waals surface area contributed by atoms with Gasteiger partial charge in [-0.15, -0.1) is 0 Å². The molecule has 5 rings (SSSR count). The molecule has 0 saturated carbocycles. The molecule has 0 spiro atoms. The van der Waals surface area contributed by atoms with Crippen LogP contribution in [0.2, 0.25) is 5.02 Å². The van der Waals surface area contributed by atoms with Crippen LogP contribution in [-0.2, 0) is 5.66 Å². The quantitative estimate of drug-likeness (QED) is 0.280. The lowest BCUT2D eigenvalue weighted by atomic mass is 9.90. The molecule has 4 aromatic carbocycles. The largest absolute Gasteiger partial charge is 0.478 e. The summed E-state index contributed by atoms with van der Waals surface area (Å²) in [5.74, 6) is -0.338. The number of hydrogen-bond donors (Lipinski definition) is 4. The summed E-state index contributed by atoms with van der Waals surface area (Å²) in [4.78, 5) is 23.2. The summed E-state index contributed by atoms with van der Waals surface area (Å²) >= 11 is 6.67. The third-order valence-corrected chi connectivity index (χ3v) is 6.13. The van der Waals surface area contributed by atoms with Crippen molar-refractivity contribution in [3.63, 3.8) is 0 Å². The van der Waals surface area contributed by atoms with E-state index in [0.717, 1.165) is 5.56 Å². The number of carbonyl (C=O) groups excluding carboxylic acids is 1. The van der Waals surface area contributed by atoms with Gasteiger partial charge in [-0.2, -0.15) is 0 Å². The molecular formula is C27H20ClN3O4. The molecule has 1 aliphatic heterocycles. The third kappa shape index (κ3) is 4.13. The number of carbonyl (C=O) groups is 2. The summed E-state index contributed by atoms with van der Waals surface area (Å²) in [5, 5.41) is 16.7. The van der Waals surface area contributed by atoms with Crippen LogP contribution in [0.5, 0.6) is 11.5 Å². The molecule has 0 saturated heterocycles. The van der Waals surface area contributed by atoms with E-state index in [0.29, 0.717) is 33.5 Å². The van der Waals surface area contributed by atoms with E-state index < -0.39 is 17.5 Å². The van der Waals surface area contributed by atoms with E-state index in [1.807, 2.05) is 54.6 Å². The van der Waals surface area contributed by atoms with Crippen molar-refractivity contribution in [1.29, 1.82) is 0 Å². The van der Waals surface area contributed by atoms with Crippen LogP contribution < -0.4 is 21.1 Å². The molecule has 1 heterocycles. The van der Waals surface area contributed by atoms with Gasteiger partial charge in [-0.1, -0.05) is 48.0 Å². The normalized spacial score (nSPS) is 16.0. The molecule has 0 aromatic heterocycles. The number of aromatic carboxylic acids is 1. The number of ether oxygens (including phenoxy) is 1. The number of fused-ring (bicyclic) bond motifs is 1. The Hall–Kier alpha value is -4.49. The van der Waals surface area contributed by atoms with Gasteiger partial charge in [-0.25, -0.2) is 4.79 Å². The van der Waals surface area contributed by atoms with Crippen LogP contribution in [0.15, 0.2) is 91.0 Å². The van der Waals surface area contributed by atoms with Gasteiger partial charge >= 0.3 is 5.97 Å². The molecule has 1 amide bonds. The Kier molecular flexibility index (Phi) is 5.55. The number of primary amides is 1. The highest BCUT2D eigenvalue weighted by Gasteiger charge is 2.42. The SMILES string of the molecule is NC(=O)c1ccc(C2(c3cccc(Oc4ccccc4)c3)Nc3ccc(C(=O)O)cc3N2)c(Cl)c1. The van der Waals surface area contributed by atoms with Gasteiger partial charge in [-0.05, 0) is 54.6 Å². The van der Waals surface area contributed by atoms with E-state index in [1.165, 1.54) is 12.1 Å². The van der Waals surface area contributed by atoms with Crippen molar-refractivity contribution in [3.8, 4) is 11.5 Å². The highest BCUT2D eigenvalue weighted by atomic mass is 35.5. The third-order valence-electron chi connectivity index (χ3n) is 5.81. The van der Waals surface area contributed by atoms with Crippen molar-refractivity contribution >= 4 is 34.9 Å². The lowest BCUT2D eigenvalue weighted by Gasteiger charge is -2.33. The van der Waals surface area contributed by atoms with E-state index >= 15 is 0 Å². The summed E-state index contributed by atoms with van der Waals surface area (Å²) < 4.78 is 6.04. The molecular weight excluding hydrogens is 466 g/mol. The second-order valence-electron chi connectivity index (χ2n) is 8.07. The highest BCUT2D eigenvalue weighted by molar-refractivity contribution is 6.32. The van der Waals surface area contributed by atoms with Crippen molar-refractivity contribution in [2.45, 2.75) is 5.66 Å². The Morgan fingerprint density at radius 2 is 1.51 bits per heavy atom. The number of para-hydroxylation sites is 1. The summed E-state index contributed by atoms with van der Waals surface area (Å²) in [6, 6.07) is 26.5. The summed E-state index contributed by atoms with van der Waals surface area (Å²) in [7, 11) is 0. The minimum absolute atomic E-state index is 0.144. The zero-order chi connectivity index (χ0) is 24.6.